The topological polar surface area (TPSA) is 124 Å². The van der Waals surface area contributed by atoms with Gasteiger partial charge in [-0.1, -0.05) is 17.7 Å². The number of pyridine rings is 1. The van der Waals surface area contributed by atoms with E-state index in [0.29, 0.717) is 32.0 Å². The Hall–Kier alpha value is -3.84. The van der Waals surface area contributed by atoms with Gasteiger partial charge in [0.2, 0.25) is 15.9 Å². The molecule has 3 heterocycles. The van der Waals surface area contributed by atoms with Crippen molar-refractivity contribution in [2.75, 3.05) is 11.0 Å². The number of sulfonamides is 1. The molecule has 10 nitrogen and oxygen atoms in total. The number of fused-ring (bicyclic) bond motifs is 2. The number of amides is 1. The van der Waals surface area contributed by atoms with Gasteiger partial charge in [0.05, 0.1) is 39.6 Å². The van der Waals surface area contributed by atoms with E-state index >= 15 is 0 Å². The highest BCUT2D eigenvalue weighted by molar-refractivity contribution is 14.1. The van der Waals surface area contributed by atoms with Gasteiger partial charge in [-0.2, -0.15) is 19.0 Å². The number of aryl methyl sites for hydroxylation is 2. The van der Waals surface area contributed by atoms with Gasteiger partial charge in [0, 0.05) is 39.8 Å². The Morgan fingerprint density at radius 1 is 1.10 bits per heavy atom. The molecule has 0 fully saturated rings. The van der Waals surface area contributed by atoms with E-state index in [-0.39, 0.29) is 51.6 Å². The fourth-order valence-electron chi connectivity index (χ4n) is 6.49. The van der Waals surface area contributed by atoms with Crippen molar-refractivity contribution in [3.63, 3.8) is 0 Å². The molecule has 51 heavy (non-hydrogen) atoms. The van der Waals surface area contributed by atoms with E-state index in [2.05, 4.69) is 42.8 Å². The Morgan fingerprint density at radius 3 is 2.43 bits per heavy atom. The number of nitrogens with one attached hydrogen (secondary N) is 2. The normalized spacial score (nSPS) is 15.2. The molecule has 2 aromatic carbocycles. The first-order chi connectivity index (χ1) is 23.8. The number of alkyl halides is 3. The van der Waals surface area contributed by atoms with Crippen molar-refractivity contribution in [1.29, 1.82) is 0 Å². The van der Waals surface area contributed by atoms with Gasteiger partial charge in [-0.05, 0) is 79.1 Å². The van der Waals surface area contributed by atoms with Crippen molar-refractivity contribution in [2.45, 2.75) is 57.8 Å². The minimum atomic E-state index is -3.76. The third-order valence-corrected chi connectivity index (χ3v) is 10.5. The summed E-state index contributed by atoms with van der Waals surface area (Å²) in [6.07, 6.45) is -1.51. The Kier molecular flexibility index (Phi) is 9.86. The standard InChI is InChI=1S/C33H30ClF5IN7O3S/c1-15(35)28-21-7-8-33(38,39)31(21)47(43-28)14-26(48)42-25(11-17-9-18(36)12-19(37)10-17)29-22(13-24(40)16(2)41-29)20-5-6-23(34)27-30(20)46(3)44-32(27)45-51(4,49)50/h5-6,9-10,12-13,15,25H,7-8,11,14H2,1-4H3,(H,42,48)(H,44,45)/t15?,25-/m0/s1. The van der Waals surface area contributed by atoms with E-state index in [0.717, 1.165) is 23.1 Å². The second-order valence-corrected chi connectivity index (χ2v) is 15.8. The van der Waals surface area contributed by atoms with Gasteiger partial charge < -0.3 is 5.32 Å². The maximum Gasteiger partial charge on any atom is 0.290 e. The molecule has 5 aromatic rings. The van der Waals surface area contributed by atoms with Crippen LogP contribution in [-0.4, -0.2) is 45.1 Å². The quantitative estimate of drug-likeness (QED) is 0.113. The number of hydrogen-bond acceptors (Lipinski definition) is 6. The van der Waals surface area contributed by atoms with Crippen LogP contribution in [0.5, 0.6) is 0 Å². The average Bonchev–Trinajstić information content (AvgIpc) is 3.64. The highest BCUT2D eigenvalue weighted by Crippen LogP contribution is 2.45. The summed E-state index contributed by atoms with van der Waals surface area (Å²) in [6, 6.07) is 6.77. The van der Waals surface area contributed by atoms with Crippen molar-refractivity contribution in [3.05, 3.63) is 90.5 Å². The molecule has 2 N–H and O–H groups in total. The Bertz CT molecular complexity index is 2310. The number of carbonyl (C=O) groups is 1. The average molecular weight is 862 g/mol. The number of aromatic nitrogens is 5. The fraction of sp³-hybridized carbons (Fsp3) is 0.333. The highest BCUT2D eigenvalue weighted by atomic mass is 127. The van der Waals surface area contributed by atoms with Crippen molar-refractivity contribution in [3.8, 4) is 11.1 Å². The van der Waals surface area contributed by atoms with Crippen LogP contribution in [0.15, 0.2) is 36.4 Å². The molecule has 2 atom stereocenters. The molecule has 1 aliphatic rings. The van der Waals surface area contributed by atoms with Gasteiger partial charge in [-0.25, -0.2) is 21.6 Å². The van der Waals surface area contributed by atoms with E-state index in [1.807, 2.05) is 0 Å². The summed E-state index contributed by atoms with van der Waals surface area (Å²) >= 11 is 8.65. The number of anilines is 1. The van der Waals surface area contributed by atoms with Crippen LogP contribution in [-0.2, 0) is 47.2 Å². The van der Waals surface area contributed by atoms with Crippen molar-refractivity contribution in [2.24, 2.45) is 7.05 Å². The van der Waals surface area contributed by atoms with Crippen LogP contribution in [0.1, 0.15) is 59.5 Å². The van der Waals surface area contributed by atoms with Crippen LogP contribution in [0.3, 0.4) is 0 Å². The molecule has 3 aromatic heterocycles. The van der Waals surface area contributed by atoms with Crippen LogP contribution in [0.25, 0.3) is 22.0 Å². The molecule has 0 saturated heterocycles. The second-order valence-electron chi connectivity index (χ2n) is 12.4. The fourth-order valence-corrected chi connectivity index (χ4v) is 7.66. The van der Waals surface area contributed by atoms with Crippen molar-refractivity contribution in [1.82, 2.24) is 29.9 Å². The van der Waals surface area contributed by atoms with Crippen LogP contribution in [0.4, 0.5) is 27.8 Å². The monoisotopic (exact) mass is 861 g/mol. The van der Waals surface area contributed by atoms with Crippen LogP contribution in [0.2, 0.25) is 5.02 Å². The molecular formula is C33H30ClF5IN7O3S. The Labute approximate surface area is 308 Å². The molecule has 18 heteroatoms. The van der Waals surface area contributed by atoms with Gasteiger partial charge in [0.25, 0.3) is 5.92 Å². The predicted octanol–water partition coefficient (Wildman–Crippen LogP) is 7.22. The summed E-state index contributed by atoms with van der Waals surface area (Å²) in [7, 11) is -2.18. The summed E-state index contributed by atoms with van der Waals surface area (Å²) < 4.78 is 103. The number of nitrogens with zero attached hydrogens (tertiary/aromatic N) is 5. The zero-order valence-corrected chi connectivity index (χ0v) is 31.2. The van der Waals surface area contributed by atoms with E-state index in [9.17, 15) is 35.2 Å². The van der Waals surface area contributed by atoms with E-state index in [4.69, 9.17) is 16.6 Å². The maximum absolute atomic E-state index is 15.0. The first kappa shape index (κ1) is 36.9. The zero-order chi connectivity index (χ0) is 37.2. The molecule has 6 rings (SSSR count). The molecule has 1 unspecified atom stereocenters. The lowest BCUT2D eigenvalue weighted by molar-refractivity contribution is -0.122. The second kappa shape index (κ2) is 13.6. The van der Waals surface area contributed by atoms with Crippen LogP contribution >= 0.6 is 34.2 Å². The summed E-state index contributed by atoms with van der Waals surface area (Å²) in [4.78, 5) is 18.6. The van der Waals surface area contributed by atoms with E-state index < -0.39 is 64.4 Å². The smallest absolute Gasteiger partial charge is 0.290 e. The van der Waals surface area contributed by atoms with Gasteiger partial charge >= 0.3 is 0 Å². The molecular weight excluding hydrogens is 832 g/mol. The van der Waals surface area contributed by atoms with Crippen LogP contribution in [0, 0.1) is 22.1 Å². The van der Waals surface area contributed by atoms with Gasteiger partial charge in [-0.15, -0.1) is 0 Å². The molecule has 0 spiro atoms. The molecule has 0 saturated carbocycles. The first-order valence-corrected chi connectivity index (χ1v) is 18.8. The lowest BCUT2D eigenvalue weighted by Crippen LogP contribution is -2.35. The molecule has 0 aliphatic heterocycles. The molecule has 1 amide bonds. The minimum absolute atomic E-state index is 0.0243. The van der Waals surface area contributed by atoms with Crippen molar-refractivity contribution < 1.29 is 35.2 Å². The third kappa shape index (κ3) is 7.42. The number of benzene rings is 2. The minimum Gasteiger partial charge on any atom is -0.346 e. The zero-order valence-electron chi connectivity index (χ0n) is 27.5. The third-order valence-electron chi connectivity index (χ3n) is 8.51. The SMILES string of the molecule is Cc1nc([C@H](Cc2cc(F)cc(F)c2)NC(=O)Cn2nc(C(C)F)c3c2C(F)(F)CC3)c(-c2ccc(Cl)c3c(NS(C)(=O)=O)nn(C)c23)cc1I. The molecule has 1 aliphatic carbocycles. The number of carbonyl (C=O) groups excluding carboxylic acids is 1. The lowest BCUT2D eigenvalue weighted by atomic mass is 9.93. The van der Waals surface area contributed by atoms with E-state index in [1.165, 1.54) is 11.6 Å². The van der Waals surface area contributed by atoms with E-state index in [1.54, 1.807) is 32.2 Å². The van der Waals surface area contributed by atoms with Crippen molar-refractivity contribution >= 4 is 66.8 Å². The molecule has 0 radical (unpaired) electrons. The Morgan fingerprint density at radius 2 is 1.78 bits per heavy atom. The summed E-state index contributed by atoms with van der Waals surface area (Å²) in [5.74, 6) is -5.87. The lowest BCUT2D eigenvalue weighted by Gasteiger charge is -2.23. The number of halogens is 7. The number of hydrogen-bond donors (Lipinski definition) is 2. The Balaban J connectivity index is 1.49. The molecule has 270 valence electrons. The summed E-state index contributed by atoms with van der Waals surface area (Å²) in [6.45, 7) is 2.20. The highest BCUT2D eigenvalue weighted by Gasteiger charge is 2.46. The number of rotatable bonds is 10. The van der Waals surface area contributed by atoms with Crippen LogP contribution < -0.4 is 10.0 Å². The first-order valence-electron chi connectivity index (χ1n) is 15.5. The maximum atomic E-state index is 15.0. The van der Waals surface area contributed by atoms with Gasteiger partial charge in [0.15, 0.2) is 5.82 Å². The summed E-state index contributed by atoms with van der Waals surface area (Å²) in [5.41, 5.74) is 1.63. The van der Waals surface area contributed by atoms with Gasteiger partial charge in [-0.3, -0.25) is 23.9 Å². The summed E-state index contributed by atoms with van der Waals surface area (Å²) in [5, 5.41) is 11.7. The van der Waals surface area contributed by atoms with Gasteiger partial charge in [0.1, 0.15) is 35.7 Å². The largest absolute Gasteiger partial charge is 0.346 e. The predicted molar refractivity (Wildman–Crippen MR) is 190 cm³/mol. The molecule has 0 bridgehead atoms.